The van der Waals surface area contributed by atoms with Crippen LogP contribution in [0.2, 0.25) is 0 Å². The number of Topliss-reactive ketones (excluding diaryl/α,β-unsaturated/α-hetero) is 1. The number of pyridine rings is 1. The van der Waals surface area contributed by atoms with Crippen molar-refractivity contribution >= 4 is 21.6 Å². The molecule has 3 aliphatic rings. The Bertz CT molecular complexity index is 1060. The normalized spacial score (nSPS) is 30.3. The van der Waals surface area contributed by atoms with E-state index in [4.69, 9.17) is 0 Å². The second kappa shape index (κ2) is 7.88. The van der Waals surface area contributed by atoms with Crippen molar-refractivity contribution in [2.75, 3.05) is 36.9 Å². The van der Waals surface area contributed by atoms with E-state index in [1.165, 1.54) is 9.21 Å². The summed E-state index contributed by atoms with van der Waals surface area (Å²) in [5.74, 6) is -1.75. The molecule has 3 fully saturated rings. The van der Waals surface area contributed by atoms with E-state index >= 15 is 0 Å². The number of carbonyl (C=O) groups excluding carboxylic acids is 1. The van der Waals surface area contributed by atoms with Crippen LogP contribution in [0.4, 0.5) is 23.4 Å². The van der Waals surface area contributed by atoms with Gasteiger partial charge in [-0.2, -0.15) is 17.5 Å². The summed E-state index contributed by atoms with van der Waals surface area (Å²) in [4.78, 5) is 17.7. The highest BCUT2D eigenvalue weighted by atomic mass is 32.2. The van der Waals surface area contributed by atoms with E-state index in [2.05, 4.69) is 4.98 Å². The predicted molar refractivity (Wildman–Crippen MR) is 111 cm³/mol. The van der Waals surface area contributed by atoms with E-state index in [1.54, 1.807) is 0 Å². The van der Waals surface area contributed by atoms with Crippen molar-refractivity contribution in [3.8, 4) is 0 Å². The number of aromatic nitrogens is 1. The zero-order valence-corrected chi connectivity index (χ0v) is 19.2. The van der Waals surface area contributed by atoms with Crippen LogP contribution in [0.15, 0.2) is 12.3 Å². The zero-order chi connectivity index (χ0) is 24.4. The van der Waals surface area contributed by atoms with Crippen LogP contribution in [0.1, 0.15) is 38.7 Å². The van der Waals surface area contributed by atoms with Crippen molar-refractivity contribution in [2.24, 2.45) is 16.7 Å². The molecule has 3 atom stereocenters. The fourth-order valence-corrected chi connectivity index (χ4v) is 8.06. The first-order chi connectivity index (χ1) is 15.2. The molecule has 0 radical (unpaired) electrons. The first-order valence-corrected chi connectivity index (χ1v) is 12.5. The summed E-state index contributed by atoms with van der Waals surface area (Å²) in [7, 11) is -3.89. The fourth-order valence-electron chi connectivity index (χ4n) is 5.82. The third kappa shape index (κ3) is 3.83. The van der Waals surface area contributed by atoms with Gasteiger partial charge in [0.25, 0.3) is 0 Å². The second-order valence-electron chi connectivity index (χ2n) is 9.84. The average molecular weight is 494 g/mol. The molecule has 184 valence electrons. The van der Waals surface area contributed by atoms with Crippen molar-refractivity contribution < 1.29 is 35.9 Å². The van der Waals surface area contributed by atoms with Crippen molar-refractivity contribution in [1.29, 1.82) is 0 Å². The van der Waals surface area contributed by atoms with Crippen LogP contribution in [0.3, 0.4) is 0 Å². The van der Waals surface area contributed by atoms with Crippen LogP contribution in [0.25, 0.3) is 0 Å². The number of piperazine rings is 1. The summed E-state index contributed by atoms with van der Waals surface area (Å²) in [6.07, 6.45) is -2.53. The summed E-state index contributed by atoms with van der Waals surface area (Å²) >= 11 is 0. The van der Waals surface area contributed by atoms with Gasteiger partial charge in [-0.25, -0.2) is 17.8 Å². The lowest BCUT2D eigenvalue weighted by molar-refractivity contribution is -0.138. The highest BCUT2D eigenvalue weighted by molar-refractivity contribution is 7.89. The maximum absolute atomic E-state index is 14.5. The molecule has 33 heavy (non-hydrogen) atoms. The molecule has 2 aliphatic carbocycles. The monoisotopic (exact) mass is 493 g/mol. The minimum Gasteiger partial charge on any atom is -0.394 e. The number of anilines is 1. The van der Waals surface area contributed by atoms with Crippen LogP contribution in [-0.2, 0) is 21.0 Å². The number of fused-ring (bicyclic) bond motifs is 2. The van der Waals surface area contributed by atoms with Gasteiger partial charge < -0.3 is 10.0 Å². The quantitative estimate of drug-likeness (QED) is 0.634. The number of hydrogen-bond donors (Lipinski definition) is 1. The highest BCUT2D eigenvalue weighted by Crippen LogP contribution is 2.64. The summed E-state index contributed by atoms with van der Waals surface area (Å²) in [5, 5.41) is 9.85. The van der Waals surface area contributed by atoms with E-state index in [0.29, 0.717) is 25.1 Å². The van der Waals surface area contributed by atoms with Crippen molar-refractivity contribution in [3.05, 3.63) is 23.6 Å². The molecule has 2 saturated carbocycles. The summed E-state index contributed by atoms with van der Waals surface area (Å²) < 4.78 is 80.8. The molecule has 0 spiro atoms. The summed E-state index contributed by atoms with van der Waals surface area (Å²) in [5.41, 5.74) is -2.60. The Morgan fingerprint density at radius 2 is 1.97 bits per heavy atom. The van der Waals surface area contributed by atoms with Crippen LogP contribution in [0.5, 0.6) is 0 Å². The Balaban J connectivity index is 1.54. The molecule has 12 heteroatoms. The molecule has 1 aromatic heterocycles. The van der Waals surface area contributed by atoms with E-state index in [0.717, 1.165) is 6.42 Å². The number of halogens is 4. The molecule has 1 N–H and O–H groups in total. The van der Waals surface area contributed by atoms with E-state index < -0.39 is 51.1 Å². The van der Waals surface area contributed by atoms with Crippen LogP contribution < -0.4 is 4.90 Å². The van der Waals surface area contributed by atoms with Gasteiger partial charge in [0.1, 0.15) is 5.78 Å². The standard InChI is InChI=1S/C21H27F4N3O4S/c1-19(2)13-3-4-20(19,17(30)8-13)12-33(31,32)27-5-6-28(15(10-27)11-29)18-16(22)7-14(9-26-18)21(23,24)25/h7,9,13,15,29H,3-6,8,10-12H2,1-2H3/t13-,15?,20+/m1/s1. The predicted octanol–water partition coefficient (Wildman–Crippen LogP) is 2.45. The summed E-state index contributed by atoms with van der Waals surface area (Å²) in [6, 6.07) is -0.558. The number of carbonyl (C=O) groups is 1. The molecule has 1 unspecified atom stereocenters. The molecule has 1 saturated heterocycles. The average Bonchev–Trinajstić information content (AvgIpc) is 3.06. The molecule has 1 aliphatic heterocycles. The molecule has 2 bridgehead atoms. The Morgan fingerprint density at radius 1 is 1.27 bits per heavy atom. The molecule has 7 nitrogen and oxygen atoms in total. The van der Waals surface area contributed by atoms with E-state index in [9.17, 15) is 35.9 Å². The second-order valence-corrected chi connectivity index (χ2v) is 11.8. The number of rotatable bonds is 5. The van der Waals surface area contributed by atoms with Crippen LogP contribution in [0, 0.1) is 22.6 Å². The molecular weight excluding hydrogens is 466 g/mol. The third-order valence-corrected chi connectivity index (χ3v) is 10.0. The summed E-state index contributed by atoms with van der Waals surface area (Å²) in [6.45, 7) is 3.03. The van der Waals surface area contributed by atoms with Gasteiger partial charge >= 0.3 is 6.18 Å². The molecular formula is C21H27F4N3O4S. The zero-order valence-electron chi connectivity index (χ0n) is 18.4. The van der Waals surface area contributed by atoms with Gasteiger partial charge in [-0.05, 0) is 30.2 Å². The topological polar surface area (TPSA) is 90.8 Å². The molecule has 2 heterocycles. The fraction of sp³-hybridized carbons (Fsp3) is 0.714. The Kier molecular flexibility index (Phi) is 5.81. The number of nitrogens with zero attached hydrogens (tertiary/aromatic N) is 3. The molecule has 0 amide bonds. The highest BCUT2D eigenvalue weighted by Gasteiger charge is 2.65. The molecule has 4 rings (SSSR count). The number of alkyl halides is 3. The number of sulfonamides is 1. The van der Waals surface area contributed by atoms with Crippen LogP contribution in [-0.4, -0.2) is 66.6 Å². The number of aliphatic hydroxyl groups is 1. The molecule has 1 aromatic rings. The molecule has 0 aromatic carbocycles. The van der Waals surface area contributed by atoms with E-state index in [1.807, 2.05) is 13.8 Å². The smallest absolute Gasteiger partial charge is 0.394 e. The Morgan fingerprint density at radius 3 is 2.48 bits per heavy atom. The Hall–Kier alpha value is -1.79. The van der Waals surface area contributed by atoms with Gasteiger partial charge in [0.05, 0.1) is 24.0 Å². The van der Waals surface area contributed by atoms with E-state index in [-0.39, 0.29) is 42.9 Å². The lowest BCUT2D eigenvalue weighted by Gasteiger charge is -2.43. The lowest BCUT2D eigenvalue weighted by atomic mass is 9.70. The van der Waals surface area contributed by atoms with Gasteiger partial charge in [0.15, 0.2) is 11.6 Å². The first kappa shape index (κ1) is 24.3. The van der Waals surface area contributed by atoms with Gasteiger partial charge in [-0.3, -0.25) is 4.79 Å². The van der Waals surface area contributed by atoms with Crippen molar-refractivity contribution in [2.45, 2.75) is 45.3 Å². The third-order valence-electron chi connectivity index (χ3n) is 8.04. The van der Waals surface area contributed by atoms with Gasteiger partial charge in [0.2, 0.25) is 10.0 Å². The largest absolute Gasteiger partial charge is 0.417 e. The number of aliphatic hydroxyl groups excluding tert-OH is 1. The maximum atomic E-state index is 14.5. The maximum Gasteiger partial charge on any atom is 0.417 e. The Labute approximate surface area is 189 Å². The van der Waals surface area contributed by atoms with Crippen molar-refractivity contribution in [1.82, 2.24) is 9.29 Å². The van der Waals surface area contributed by atoms with Gasteiger partial charge in [-0.1, -0.05) is 13.8 Å². The van der Waals surface area contributed by atoms with Crippen LogP contribution >= 0.6 is 0 Å². The first-order valence-electron chi connectivity index (χ1n) is 10.8. The SMILES string of the molecule is CC1(C)[C@@H]2CC[C@]1(CS(=O)(=O)N1CCN(c3ncc(C(F)(F)F)cc3F)C(CO)C1)C(=O)C2. The van der Waals surface area contributed by atoms with Gasteiger partial charge in [0, 0.05) is 37.7 Å². The lowest BCUT2D eigenvalue weighted by Crippen LogP contribution is -2.58. The number of hydrogen-bond acceptors (Lipinski definition) is 6. The van der Waals surface area contributed by atoms with Crippen molar-refractivity contribution in [3.63, 3.8) is 0 Å². The van der Waals surface area contributed by atoms with Gasteiger partial charge in [-0.15, -0.1) is 0 Å². The number of ketones is 1. The minimum absolute atomic E-state index is 0.0271. The minimum atomic E-state index is -4.75.